The minimum Gasteiger partial charge on any atom is -0.396 e. The predicted molar refractivity (Wildman–Crippen MR) is 158 cm³/mol. The second-order valence-electron chi connectivity index (χ2n) is 11.7. The van der Waals surface area contributed by atoms with Crippen LogP contribution in [0.5, 0.6) is 0 Å². The van der Waals surface area contributed by atoms with Crippen LogP contribution in [0.25, 0.3) is 0 Å². The molecule has 0 radical (unpaired) electrons. The Morgan fingerprint density at radius 1 is 1.05 bits per heavy atom. The molecule has 2 bridgehead atoms. The van der Waals surface area contributed by atoms with Crippen LogP contribution < -0.4 is 0 Å². The number of benzene rings is 1. The van der Waals surface area contributed by atoms with Gasteiger partial charge < -0.3 is 19.8 Å². The lowest BCUT2D eigenvalue weighted by Gasteiger charge is -2.41. The van der Waals surface area contributed by atoms with Crippen LogP contribution in [-0.4, -0.2) is 85.8 Å². The minimum atomic E-state index is -0.617. The van der Waals surface area contributed by atoms with Crippen LogP contribution in [0.2, 0.25) is 0 Å². The number of fused-ring (bicyclic) bond motifs is 1. The number of carbonyl (C=O) groups excluding carboxylic acids is 3. The molecule has 0 aromatic heterocycles. The second-order valence-corrected chi connectivity index (χ2v) is 13.3. The zero-order valence-electron chi connectivity index (χ0n) is 23.5. The van der Waals surface area contributed by atoms with E-state index in [0.29, 0.717) is 32.6 Å². The molecule has 1 saturated carbocycles. The first-order valence-electron chi connectivity index (χ1n) is 14.9. The fourth-order valence-electron chi connectivity index (χ4n) is 7.71. The van der Waals surface area contributed by atoms with Crippen molar-refractivity contribution in [3.63, 3.8) is 0 Å². The Bertz CT molecular complexity index is 1110. The summed E-state index contributed by atoms with van der Waals surface area (Å²) in [6.45, 7) is 9.41. The van der Waals surface area contributed by atoms with Crippen LogP contribution in [0.4, 0.5) is 0 Å². The summed E-state index contributed by atoms with van der Waals surface area (Å²) < 4.78 is -0.616. The number of carbonyl (C=O) groups is 3. The zero-order valence-corrected chi connectivity index (χ0v) is 24.3. The molecule has 5 atom stereocenters. The molecule has 1 spiro atoms. The summed E-state index contributed by atoms with van der Waals surface area (Å²) in [5.41, 5.74) is 1.03. The molecule has 1 N–H and O–H groups in total. The lowest BCUT2D eigenvalue weighted by atomic mass is 9.70. The van der Waals surface area contributed by atoms with Crippen LogP contribution in [0.15, 0.2) is 55.6 Å². The molecule has 3 heterocycles. The summed E-state index contributed by atoms with van der Waals surface area (Å²) in [4.78, 5) is 48.5. The van der Waals surface area contributed by atoms with Gasteiger partial charge in [0, 0.05) is 44.1 Å². The number of thioether (sulfide) groups is 1. The summed E-state index contributed by atoms with van der Waals surface area (Å²) in [5, 5.41) is 9.67. The smallest absolute Gasteiger partial charge is 0.247 e. The van der Waals surface area contributed by atoms with E-state index in [4.69, 9.17) is 0 Å². The highest BCUT2D eigenvalue weighted by Crippen LogP contribution is 2.66. The predicted octanol–water partition coefficient (Wildman–Crippen LogP) is 4.02. The quantitative estimate of drug-likeness (QED) is 0.387. The maximum atomic E-state index is 14.5. The third-order valence-electron chi connectivity index (χ3n) is 9.38. The van der Waals surface area contributed by atoms with Crippen molar-refractivity contribution in [1.82, 2.24) is 14.7 Å². The Hall–Kier alpha value is -2.58. The van der Waals surface area contributed by atoms with Crippen molar-refractivity contribution in [2.24, 2.45) is 11.8 Å². The van der Waals surface area contributed by atoms with E-state index in [-0.39, 0.29) is 35.6 Å². The summed E-state index contributed by atoms with van der Waals surface area (Å²) in [6, 6.07) is 9.43. The van der Waals surface area contributed by atoms with Crippen LogP contribution >= 0.6 is 11.8 Å². The number of amides is 3. The van der Waals surface area contributed by atoms with Gasteiger partial charge in [0.25, 0.3) is 0 Å². The molecule has 3 aliphatic heterocycles. The lowest BCUT2D eigenvalue weighted by Crippen LogP contribution is -2.57. The molecule has 1 aromatic rings. The van der Waals surface area contributed by atoms with Gasteiger partial charge in [-0.2, -0.15) is 0 Å². The first-order chi connectivity index (χ1) is 19.5. The normalized spacial score (nSPS) is 29.3. The maximum Gasteiger partial charge on any atom is 0.247 e. The van der Waals surface area contributed by atoms with Crippen molar-refractivity contribution in [2.45, 2.75) is 80.0 Å². The third kappa shape index (κ3) is 5.13. The van der Waals surface area contributed by atoms with Gasteiger partial charge in [0.2, 0.25) is 17.7 Å². The van der Waals surface area contributed by atoms with Crippen LogP contribution in [-0.2, 0) is 20.9 Å². The Balaban J connectivity index is 1.48. The largest absolute Gasteiger partial charge is 0.396 e. The van der Waals surface area contributed by atoms with Crippen molar-refractivity contribution < 1.29 is 19.5 Å². The van der Waals surface area contributed by atoms with Gasteiger partial charge >= 0.3 is 0 Å². The number of hydrogen-bond acceptors (Lipinski definition) is 5. The van der Waals surface area contributed by atoms with Gasteiger partial charge in [-0.15, -0.1) is 24.9 Å². The van der Waals surface area contributed by atoms with Gasteiger partial charge in [-0.05, 0) is 37.7 Å². The lowest BCUT2D eigenvalue weighted by molar-refractivity contribution is -0.145. The van der Waals surface area contributed by atoms with Crippen LogP contribution in [0, 0.1) is 11.8 Å². The van der Waals surface area contributed by atoms with E-state index in [0.717, 1.165) is 44.1 Å². The molecule has 3 saturated heterocycles. The van der Waals surface area contributed by atoms with Gasteiger partial charge in [0.15, 0.2) is 0 Å². The van der Waals surface area contributed by atoms with E-state index in [2.05, 4.69) is 13.2 Å². The van der Waals surface area contributed by atoms with E-state index in [1.165, 1.54) is 6.42 Å². The van der Waals surface area contributed by atoms with Gasteiger partial charge in [-0.25, -0.2) is 0 Å². The monoisotopic (exact) mass is 565 g/mol. The molecule has 1 aromatic carbocycles. The van der Waals surface area contributed by atoms with Crippen molar-refractivity contribution in [1.29, 1.82) is 0 Å². The molecule has 7 nitrogen and oxygen atoms in total. The van der Waals surface area contributed by atoms with E-state index in [1.54, 1.807) is 28.8 Å². The molecule has 216 valence electrons. The van der Waals surface area contributed by atoms with E-state index in [9.17, 15) is 19.5 Å². The zero-order chi connectivity index (χ0) is 28.3. The molecule has 5 rings (SSSR count). The average Bonchev–Trinajstić information content (AvgIpc) is 3.62. The second kappa shape index (κ2) is 12.5. The average molecular weight is 566 g/mol. The van der Waals surface area contributed by atoms with Crippen LogP contribution in [0.3, 0.4) is 0 Å². The minimum absolute atomic E-state index is 0.00549. The third-order valence-corrected chi connectivity index (χ3v) is 11.3. The summed E-state index contributed by atoms with van der Waals surface area (Å²) >= 11 is 1.72. The highest BCUT2D eigenvalue weighted by atomic mass is 32.2. The van der Waals surface area contributed by atoms with Crippen molar-refractivity contribution >= 4 is 29.5 Å². The van der Waals surface area contributed by atoms with E-state index in [1.807, 2.05) is 40.1 Å². The Kier molecular flexibility index (Phi) is 9.05. The van der Waals surface area contributed by atoms with Crippen molar-refractivity contribution in [3.8, 4) is 0 Å². The molecule has 3 amide bonds. The van der Waals surface area contributed by atoms with Crippen molar-refractivity contribution in [3.05, 3.63) is 61.2 Å². The molecular weight excluding hydrogens is 522 g/mol. The fraction of sp³-hybridized carbons (Fsp3) is 0.594. The maximum absolute atomic E-state index is 14.5. The Morgan fingerprint density at radius 3 is 2.45 bits per heavy atom. The summed E-state index contributed by atoms with van der Waals surface area (Å²) in [7, 11) is 0. The number of nitrogens with zero attached hydrogens (tertiary/aromatic N) is 3. The number of rotatable bonds is 12. The molecule has 40 heavy (non-hydrogen) atoms. The number of hydrogen-bond donors (Lipinski definition) is 1. The molecule has 2 unspecified atom stereocenters. The number of likely N-dealkylation sites (tertiary alicyclic amines) is 1. The molecule has 4 aliphatic rings. The Morgan fingerprint density at radius 2 is 1.77 bits per heavy atom. The topological polar surface area (TPSA) is 81.2 Å². The Labute approximate surface area is 242 Å². The first-order valence-corrected chi connectivity index (χ1v) is 15.8. The molecule has 8 heteroatoms. The number of aliphatic hydroxyl groups excluding tert-OH is 1. The van der Waals surface area contributed by atoms with Gasteiger partial charge in [0.05, 0.1) is 16.6 Å². The molecule has 4 fully saturated rings. The van der Waals surface area contributed by atoms with Gasteiger partial charge in [-0.1, -0.05) is 61.7 Å². The standard InChI is InChI=1S/C32H43N3O4S/c1-3-18-33(22-23-12-7-5-8-13-23)29(37)26-25-16-17-32(40-25)27(26)30(38)35(20-11-21-36)28(32)31(39)34(19-4-2)24-14-9-6-10-15-24/h3-5,7-8,12-13,24-28,36H,1-2,6,9-11,14-22H2/t25-,26+,27+,28?,32?/m1/s1. The van der Waals surface area contributed by atoms with Crippen molar-refractivity contribution in [2.75, 3.05) is 26.2 Å². The number of aliphatic hydroxyl groups is 1. The highest BCUT2D eigenvalue weighted by Gasteiger charge is 2.74. The first kappa shape index (κ1) is 28.9. The highest BCUT2D eigenvalue weighted by molar-refractivity contribution is 8.02. The summed E-state index contributed by atoms with van der Waals surface area (Å²) in [6.07, 6.45) is 10.9. The van der Waals surface area contributed by atoms with Crippen LogP contribution in [0.1, 0.15) is 56.9 Å². The SMILES string of the molecule is C=CCN(Cc1ccccc1)C(=O)[C@@H]1[C@H]2C(=O)N(CCCO)C(C(=O)N(CC=C)C3CCCCC3)C23CC[C@H]1S3. The van der Waals surface area contributed by atoms with Gasteiger partial charge in [0.1, 0.15) is 6.04 Å². The van der Waals surface area contributed by atoms with Gasteiger partial charge in [-0.3, -0.25) is 14.4 Å². The van der Waals surface area contributed by atoms with E-state index < -0.39 is 22.6 Å². The van der Waals surface area contributed by atoms with E-state index >= 15 is 0 Å². The fourth-order valence-corrected chi connectivity index (χ4v) is 9.91. The molecular formula is C32H43N3O4S. The summed E-state index contributed by atoms with van der Waals surface area (Å²) in [5.74, 6) is -1.12. The molecule has 1 aliphatic carbocycles.